The third-order valence-electron chi connectivity index (χ3n) is 6.01. The molecule has 0 bridgehead atoms. The van der Waals surface area contributed by atoms with Crippen LogP contribution in [0.5, 0.6) is 5.75 Å². The van der Waals surface area contributed by atoms with E-state index < -0.39 is 11.7 Å². The maximum absolute atomic E-state index is 14.1. The van der Waals surface area contributed by atoms with Crippen LogP contribution in [0.2, 0.25) is 5.02 Å². The summed E-state index contributed by atoms with van der Waals surface area (Å²) in [6, 6.07) is 13.1. The van der Waals surface area contributed by atoms with E-state index in [2.05, 4.69) is 51.0 Å². The summed E-state index contributed by atoms with van der Waals surface area (Å²) < 4.78 is 31.3. The molecule has 2 aromatic rings. The molecule has 46 heavy (non-hydrogen) atoms. The SMILES string of the molecule is C=C(Cl)/C(F)=C(\C=C/C)C(C#N)CCC(C)CC(C)(C)C.CC.CNC(=O)c1ccc(NC=O)c(OC)c1.Fc1ccccc1Cl. The van der Waals surface area contributed by atoms with Gasteiger partial charge in [0.2, 0.25) is 6.41 Å². The molecule has 0 fully saturated rings. The van der Waals surface area contributed by atoms with Crippen LogP contribution >= 0.6 is 23.2 Å². The van der Waals surface area contributed by atoms with Crippen molar-refractivity contribution in [1.29, 1.82) is 5.26 Å². The first-order valence-electron chi connectivity index (χ1n) is 14.9. The van der Waals surface area contributed by atoms with Gasteiger partial charge in [-0.25, -0.2) is 8.78 Å². The van der Waals surface area contributed by atoms with Gasteiger partial charge in [-0.1, -0.05) is 95.6 Å². The van der Waals surface area contributed by atoms with Crippen molar-refractivity contribution in [3.05, 3.63) is 94.0 Å². The van der Waals surface area contributed by atoms with E-state index in [1.54, 1.807) is 56.5 Å². The number of halogens is 4. The maximum atomic E-state index is 14.1. The molecule has 2 amide bonds. The van der Waals surface area contributed by atoms with Gasteiger partial charge in [0.05, 0.1) is 34.8 Å². The minimum Gasteiger partial charge on any atom is -0.495 e. The third-order valence-corrected chi connectivity index (χ3v) is 6.48. The predicted octanol–water partition coefficient (Wildman–Crippen LogP) is 10.7. The quantitative estimate of drug-likeness (QED) is 0.183. The van der Waals surface area contributed by atoms with Crippen LogP contribution in [0.25, 0.3) is 0 Å². The number of nitriles is 1. The molecule has 6 nitrogen and oxygen atoms in total. The summed E-state index contributed by atoms with van der Waals surface area (Å²) in [5.41, 5.74) is 1.60. The fourth-order valence-electron chi connectivity index (χ4n) is 4.17. The van der Waals surface area contributed by atoms with Gasteiger partial charge in [-0.05, 0) is 67.9 Å². The Labute approximate surface area is 284 Å². The second-order valence-electron chi connectivity index (χ2n) is 11.0. The van der Waals surface area contributed by atoms with Gasteiger partial charge in [-0.15, -0.1) is 0 Å². The molecule has 2 N–H and O–H groups in total. The second kappa shape index (κ2) is 24.5. The number of ether oxygens (including phenoxy) is 1. The van der Waals surface area contributed by atoms with Crippen molar-refractivity contribution in [1.82, 2.24) is 5.32 Å². The Balaban J connectivity index is 0. The summed E-state index contributed by atoms with van der Waals surface area (Å²) in [6.07, 6.45) is 6.49. The molecule has 0 aliphatic heterocycles. The topological polar surface area (TPSA) is 91.2 Å². The lowest BCUT2D eigenvalue weighted by Gasteiger charge is -2.24. The van der Waals surface area contributed by atoms with Crippen LogP contribution in [0, 0.1) is 34.4 Å². The van der Waals surface area contributed by atoms with Crippen LogP contribution in [-0.2, 0) is 4.79 Å². The Bertz CT molecular complexity index is 1310. The smallest absolute Gasteiger partial charge is 0.251 e. The third kappa shape index (κ3) is 18.3. The molecule has 0 saturated carbocycles. The summed E-state index contributed by atoms with van der Waals surface area (Å²) in [5.74, 6) is -0.692. The molecule has 2 rings (SSSR count). The maximum Gasteiger partial charge on any atom is 0.251 e. The largest absolute Gasteiger partial charge is 0.495 e. The standard InChI is InChI=1S/C18H27ClFN.C10H12N2O3.C6H4ClF.C2H6/c1-7-8-16(17(20)14(3)19)15(12-21)10-9-13(2)11-18(4,5)6;1-11-10(14)7-3-4-8(12-6-13)9(5-7)15-2;7-5-3-1-2-4-6(5)8;1-2/h7-8,13,15H,3,9-11H2,1-2,4-6H3;3-6H,1-2H3,(H,11,14)(H,12,13);1-4H;1-2H3/b8-7-,17-16-;;;. The minimum atomic E-state index is -0.579. The number of amides is 2. The van der Waals surface area contributed by atoms with E-state index in [-0.39, 0.29) is 27.2 Å². The zero-order valence-corrected chi connectivity index (χ0v) is 30.0. The monoisotopic (exact) mass is 679 g/mol. The van der Waals surface area contributed by atoms with Gasteiger partial charge < -0.3 is 15.4 Å². The van der Waals surface area contributed by atoms with Crippen LogP contribution in [0.1, 0.15) is 78.1 Å². The van der Waals surface area contributed by atoms with Crippen LogP contribution in [-0.4, -0.2) is 26.5 Å². The van der Waals surface area contributed by atoms with E-state index in [0.29, 0.717) is 41.3 Å². The van der Waals surface area contributed by atoms with Gasteiger partial charge >= 0.3 is 0 Å². The first kappa shape index (κ1) is 44.5. The summed E-state index contributed by atoms with van der Waals surface area (Å²) in [5, 5.41) is 14.3. The zero-order valence-electron chi connectivity index (χ0n) is 28.4. The Hall–Kier alpha value is -3.67. The number of carbonyl (C=O) groups excluding carboxylic acids is 2. The van der Waals surface area contributed by atoms with Crippen molar-refractivity contribution in [3.8, 4) is 11.8 Å². The molecule has 0 aliphatic rings. The van der Waals surface area contributed by atoms with Crippen molar-refractivity contribution in [2.45, 2.75) is 67.7 Å². The highest BCUT2D eigenvalue weighted by Crippen LogP contribution is 2.32. The van der Waals surface area contributed by atoms with Crippen LogP contribution in [0.3, 0.4) is 0 Å². The molecule has 0 saturated heterocycles. The summed E-state index contributed by atoms with van der Waals surface area (Å²) in [6.45, 7) is 18.0. The van der Waals surface area contributed by atoms with Gasteiger partial charge in [0.15, 0.2) is 0 Å². The lowest BCUT2D eigenvalue weighted by molar-refractivity contribution is -0.105. The number of nitrogens with one attached hydrogen (secondary N) is 2. The molecule has 0 heterocycles. The number of carbonyl (C=O) groups is 2. The van der Waals surface area contributed by atoms with Crippen molar-refractivity contribution in [3.63, 3.8) is 0 Å². The number of anilines is 1. The number of rotatable bonds is 11. The highest BCUT2D eigenvalue weighted by atomic mass is 35.5. The lowest BCUT2D eigenvalue weighted by atomic mass is 9.81. The molecule has 2 unspecified atom stereocenters. The van der Waals surface area contributed by atoms with E-state index in [9.17, 15) is 23.6 Å². The molecule has 0 spiro atoms. The molecule has 0 aliphatic carbocycles. The number of benzene rings is 2. The van der Waals surface area contributed by atoms with Crippen LogP contribution < -0.4 is 15.4 Å². The first-order valence-corrected chi connectivity index (χ1v) is 15.7. The number of hydrogen-bond donors (Lipinski definition) is 2. The van der Waals surface area contributed by atoms with Crippen molar-refractivity contribution < 1.29 is 23.1 Å². The van der Waals surface area contributed by atoms with Crippen molar-refractivity contribution in [2.24, 2.45) is 17.3 Å². The number of methoxy groups -OCH3 is 1. The molecule has 10 heteroatoms. The van der Waals surface area contributed by atoms with Gasteiger partial charge in [0.25, 0.3) is 5.91 Å². The highest BCUT2D eigenvalue weighted by Gasteiger charge is 2.21. The second-order valence-corrected chi connectivity index (χ2v) is 11.8. The molecule has 0 aromatic heterocycles. The Morgan fingerprint density at radius 3 is 2.20 bits per heavy atom. The van der Waals surface area contributed by atoms with Crippen LogP contribution in [0.4, 0.5) is 14.5 Å². The average molecular weight is 681 g/mol. The van der Waals surface area contributed by atoms with Gasteiger partial charge in [0, 0.05) is 18.2 Å². The molecule has 254 valence electrons. The Kier molecular flexibility index (Phi) is 23.7. The van der Waals surface area contributed by atoms with E-state index in [0.717, 1.165) is 12.8 Å². The summed E-state index contributed by atoms with van der Waals surface area (Å²) in [7, 11) is 3.02. The molecule has 2 atom stereocenters. The minimum absolute atomic E-state index is 0.147. The fraction of sp³-hybridized carbons (Fsp3) is 0.417. The molecule has 0 radical (unpaired) electrons. The Morgan fingerprint density at radius 1 is 1.17 bits per heavy atom. The number of hydrogen-bond acceptors (Lipinski definition) is 4. The van der Waals surface area contributed by atoms with Crippen molar-refractivity contribution in [2.75, 3.05) is 19.5 Å². The van der Waals surface area contributed by atoms with E-state index in [1.807, 2.05) is 13.8 Å². The van der Waals surface area contributed by atoms with Crippen LogP contribution in [0.15, 0.2) is 77.6 Å². The first-order chi connectivity index (χ1) is 21.6. The molecular weight excluding hydrogens is 631 g/mol. The lowest BCUT2D eigenvalue weighted by Crippen LogP contribution is -2.17. The summed E-state index contributed by atoms with van der Waals surface area (Å²) >= 11 is 11.0. The highest BCUT2D eigenvalue weighted by molar-refractivity contribution is 6.31. The van der Waals surface area contributed by atoms with Gasteiger partial charge in [-0.3, -0.25) is 9.59 Å². The van der Waals surface area contributed by atoms with Gasteiger partial charge in [0.1, 0.15) is 17.4 Å². The molecule has 2 aromatic carbocycles. The number of nitrogens with zero attached hydrogens (tertiary/aromatic N) is 1. The predicted molar refractivity (Wildman–Crippen MR) is 188 cm³/mol. The fourth-order valence-corrected chi connectivity index (χ4v) is 4.41. The summed E-state index contributed by atoms with van der Waals surface area (Å²) in [4.78, 5) is 21.6. The molecular formula is C36H49Cl2F2N3O3. The van der Waals surface area contributed by atoms with Crippen molar-refractivity contribution >= 4 is 41.2 Å². The normalized spacial score (nSPS) is 12.2. The van der Waals surface area contributed by atoms with E-state index in [1.165, 1.54) is 19.2 Å². The Morgan fingerprint density at radius 2 is 1.78 bits per heavy atom. The van der Waals surface area contributed by atoms with Gasteiger partial charge in [-0.2, -0.15) is 5.26 Å². The van der Waals surface area contributed by atoms with E-state index in [4.69, 9.17) is 27.9 Å². The average Bonchev–Trinajstić information content (AvgIpc) is 3.02. The van der Waals surface area contributed by atoms with E-state index >= 15 is 0 Å². The number of allylic oxidation sites excluding steroid dienone is 5. The zero-order chi connectivity index (χ0) is 35.9.